The van der Waals surface area contributed by atoms with Crippen molar-refractivity contribution in [1.29, 1.82) is 0 Å². The van der Waals surface area contributed by atoms with Gasteiger partial charge in [0.2, 0.25) is 0 Å². The molecular weight excluding hydrogens is 292 g/mol. The highest BCUT2D eigenvalue weighted by molar-refractivity contribution is 6.74. The van der Waals surface area contributed by atoms with Gasteiger partial charge >= 0.3 is 0 Å². The van der Waals surface area contributed by atoms with Gasteiger partial charge < -0.3 is 9.74 Å². The van der Waals surface area contributed by atoms with Gasteiger partial charge in [-0.05, 0) is 31.0 Å². The molecule has 22 heavy (non-hydrogen) atoms. The molecule has 1 aromatic rings. The number of hydrogen-bond donors (Lipinski definition) is 1. The van der Waals surface area contributed by atoms with Crippen molar-refractivity contribution >= 4 is 8.32 Å². The lowest BCUT2D eigenvalue weighted by molar-refractivity contribution is 0.0590. The van der Waals surface area contributed by atoms with Gasteiger partial charge in [0.25, 0.3) is 0 Å². The second-order valence-electron chi connectivity index (χ2n) is 8.16. The molecule has 0 saturated heterocycles. The first-order chi connectivity index (χ1) is 10.2. The highest BCUT2D eigenvalue weighted by atomic mass is 28.4. The monoisotopic (exact) mass is 324 g/mol. The van der Waals surface area contributed by atoms with Crippen molar-refractivity contribution in [3.05, 3.63) is 12.2 Å². The van der Waals surface area contributed by atoms with Crippen molar-refractivity contribution in [2.75, 3.05) is 6.54 Å². The normalized spacial score (nSPS) is 18.8. The zero-order valence-electron chi connectivity index (χ0n) is 15.1. The summed E-state index contributed by atoms with van der Waals surface area (Å²) in [5.41, 5.74) is 0.0155. The number of aromatic nitrogens is 3. The molecule has 1 aromatic heterocycles. The lowest BCUT2D eigenvalue weighted by Crippen LogP contribution is -2.52. The van der Waals surface area contributed by atoms with Crippen LogP contribution in [-0.2, 0) is 18.0 Å². The van der Waals surface area contributed by atoms with Gasteiger partial charge in [0.05, 0.1) is 12.1 Å². The highest BCUT2D eigenvalue weighted by Crippen LogP contribution is 2.43. The lowest BCUT2D eigenvalue weighted by Gasteiger charge is -2.44. The summed E-state index contributed by atoms with van der Waals surface area (Å²) >= 11 is 0. The van der Waals surface area contributed by atoms with Gasteiger partial charge in [0, 0.05) is 13.6 Å². The molecule has 1 heterocycles. The van der Waals surface area contributed by atoms with Gasteiger partial charge in [-0.25, -0.2) is 4.98 Å². The minimum absolute atomic E-state index is 0.0155. The maximum absolute atomic E-state index is 6.83. The summed E-state index contributed by atoms with van der Waals surface area (Å²) in [6, 6.07) is 0. The average molecular weight is 325 g/mol. The van der Waals surface area contributed by atoms with Crippen molar-refractivity contribution < 1.29 is 4.43 Å². The van der Waals surface area contributed by atoms with Crippen molar-refractivity contribution in [3.8, 4) is 0 Å². The van der Waals surface area contributed by atoms with E-state index in [1.165, 1.54) is 25.7 Å². The second kappa shape index (κ2) is 6.41. The van der Waals surface area contributed by atoms with Crippen LogP contribution in [0.1, 0.15) is 52.3 Å². The molecule has 126 valence electrons. The van der Waals surface area contributed by atoms with Crippen molar-refractivity contribution in [2.45, 2.75) is 76.7 Å². The van der Waals surface area contributed by atoms with E-state index >= 15 is 0 Å². The van der Waals surface area contributed by atoms with E-state index in [1.807, 2.05) is 11.7 Å². The third-order valence-electron chi connectivity index (χ3n) is 5.33. The molecule has 0 amide bonds. The maximum atomic E-state index is 6.83. The molecular formula is C16H32N4OSi. The van der Waals surface area contributed by atoms with Gasteiger partial charge in [-0.15, -0.1) is 0 Å². The third-order valence-corrected chi connectivity index (χ3v) is 9.88. The molecule has 1 aliphatic carbocycles. The molecule has 0 spiro atoms. The Morgan fingerprint density at radius 2 is 1.95 bits per heavy atom. The molecule has 1 saturated carbocycles. The zero-order valence-corrected chi connectivity index (χ0v) is 16.1. The van der Waals surface area contributed by atoms with Crippen LogP contribution >= 0.6 is 0 Å². The van der Waals surface area contributed by atoms with E-state index in [0.717, 1.165) is 18.9 Å². The Balaban J connectivity index is 1.98. The van der Waals surface area contributed by atoms with Gasteiger partial charge in [0.15, 0.2) is 8.32 Å². The third kappa shape index (κ3) is 3.97. The van der Waals surface area contributed by atoms with Crippen LogP contribution in [0, 0.1) is 0 Å². The van der Waals surface area contributed by atoms with E-state index < -0.39 is 8.32 Å². The standard InChI is InChI=1S/C16H32N4OSi/c1-15(2,3)22(5,6)21-16(9-7-8-10-16)12-17-11-14-18-13-19-20(14)4/h13,17H,7-12H2,1-6H3. The molecule has 1 N–H and O–H groups in total. The predicted octanol–water partition coefficient (Wildman–Crippen LogP) is 3.24. The van der Waals surface area contributed by atoms with Crippen molar-refractivity contribution in [3.63, 3.8) is 0 Å². The Hall–Kier alpha value is -0.723. The SMILES string of the molecule is Cn1ncnc1CNCC1(O[Si](C)(C)C(C)(C)C)CCCC1. The van der Waals surface area contributed by atoms with Crippen LogP contribution in [0.5, 0.6) is 0 Å². The fraction of sp³-hybridized carbons (Fsp3) is 0.875. The van der Waals surface area contributed by atoms with E-state index in [9.17, 15) is 0 Å². The molecule has 0 aromatic carbocycles. The van der Waals surface area contributed by atoms with Gasteiger partial charge in [-0.3, -0.25) is 4.68 Å². The summed E-state index contributed by atoms with van der Waals surface area (Å²) in [5.74, 6) is 0.973. The van der Waals surface area contributed by atoms with Crippen LogP contribution in [0.4, 0.5) is 0 Å². The fourth-order valence-corrected chi connectivity index (χ4v) is 4.58. The van der Waals surface area contributed by atoms with Crippen LogP contribution in [-0.4, -0.2) is 35.2 Å². The van der Waals surface area contributed by atoms with Crippen LogP contribution in [0.25, 0.3) is 0 Å². The Labute approximate surface area is 136 Å². The summed E-state index contributed by atoms with van der Waals surface area (Å²) < 4.78 is 8.66. The molecule has 1 fully saturated rings. The fourth-order valence-electron chi connectivity index (χ4n) is 2.91. The van der Waals surface area contributed by atoms with Crippen LogP contribution in [0.2, 0.25) is 18.1 Å². The minimum atomic E-state index is -1.74. The molecule has 2 rings (SSSR count). The first kappa shape index (κ1) is 17.6. The van der Waals surface area contributed by atoms with Crippen LogP contribution in [0.3, 0.4) is 0 Å². The highest BCUT2D eigenvalue weighted by Gasteiger charge is 2.45. The zero-order chi connectivity index (χ0) is 16.4. The van der Waals surface area contributed by atoms with Crippen molar-refractivity contribution in [2.24, 2.45) is 7.05 Å². The number of aryl methyl sites for hydroxylation is 1. The van der Waals surface area contributed by atoms with E-state index in [1.54, 1.807) is 6.33 Å². The second-order valence-corrected chi connectivity index (χ2v) is 12.9. The number of nitrogens with one attached hydrogen (secondary N) is 1. The van der Waals surface area contributed by atoms with Gasteiger partial charge in [-0.1, -0.05) is 33.6 Å². The average Bonchev–Trinajstić information content (AvgIpc) is 2.98. The number of nitrogens with zero attached hydrogens (tertiary/aromatic N) is 3. The molecule has 0 atom stereocenters. The predicted molar refractivity (Wildman–Crippen MR) is 92.2 cm³/mol. The Kier molecular flexibility index (Phi) is 5.14. The van der Waals surface area contributed by atoms with Gasteiger partial charge in [0.1, 0.15) is 12.2 Å². The topological polar surface area (TPSA) is 52.0 Å². The van der Waals surface area contributed by atoms with E-state index in [4.69, 9.17) is 4.43 Å². The summed E-state index contributed by atoms with van der Waals surface area (Å²) in [6.45, 7) is 13.3. The van der Waals surface area contributed by atoms with Crippen molar-refractivity contribution in [1.82, 2.24) is 20.1 Å². The summed E-state index contributed by atoms with van der Waals surface area (Å²) in [6.07, 6.45) is 6.51. The van der Waals surface area contributed by atoms with Crippen LogP contribution in [0.15, 0.2) is 6.33 Å². The van der Waals surface area contributed by atoms with Crippen LogP contribution < -0.4 is 5.32 Å². The van der Waals surface area contributed by atoms with Gasteiger partial charge in [-0.2, -0.15) is 5.10 Å². The number of hydrogen-bond acceptors (Lipinski definition) is 4. The molecule has 0 bridgehead atoms. The first-order valence-corrected chi connectivity index (χ1v) is 11.3. The largest absolute Gasteiger partial charge is 0.410 e. The lowest BCUT2D eigenvalue weighted by atomic mass is 10.0. The molecule has 6 heteroatoms. The number of rotatable bonds is 6. The molecule has 0 aliphatic heterocycles. The summed E-state index contributed by atoms with van der Waals surface area (Å²) in [4.78, 5) is 4.27. The summed E-state index contributed by atoms with van der Waals surface area (Å²) in [7, 11) is 0.189. The molecule has 1 aliphatic rings. The van der Waals surface area contributed by atoms with E-state index in [-0.39, 0.29) is 10.6 Å². The Morgan fingerprint density at radius 1 is 1.32 bits per heavy atom. The molecule has 0 unspecified atom stereocenters. The molecule has 0 radical (unpaired) electrons. The minimum Gasteiger partial charge on any atom is -0.410 e. The molecule has 5 nitrogen and oxygen atoms in total. The first-order valence-electron chi connectivity index (χ1n) is 8.39. The Bertz CT molecular complexity index is 487. The van der Waals surface area contributed by atoms with E-state index in [2.05, 4.69) is 49.3 Å². The smallest absolute Gasteiger partial charge is 0.192 e. The Morgan fingerprint density at radius 3 is 2.45 bits per heavy atom. The summed E-state index contributed by atoms with van der Waals surface area (Å²) in [5, 5.41) is 7.93. The van der Waals surface area contributed by atoms with E-state index in [0.29, 0.717) is 0 Å². The maximum Gasteiger partial charge on any atom is 0.192 e. The quantitative estimate of drug-likeness (QED) is 0.816.